The number of anilines is 1. The van der Waals surface area contributed by atoms with E-state index in [9.17, 15) is 17.7 Å². The van der Waals surface area contributed by atoms with Crippen LogP contribution in [0.15, 0.2) is 41.3 Å². The van der Waals surface area contributed by atoms with E-state index in [1.54, 1.807) is 37.6 Å². The van der Waals surface area contributed by atoms with E-state index in [1.807, 2.05) is 0 Å². The number of benzene rings is 1. The van der Waals surface area contributed by atoms with Crippen LogP contribution < -0.4 is 15.4 Å². The number of aromatic nitrogens is 2. The minimum Gasteiger partial charge on any atom is -0.495 e. The zero-order valence-electron chi connectivity index (χ0n) is 16.7. The van der Waals surface area contributed by atoms with Crippen LogP contribution >= 0.6 is 30.5 Å². The summed E-state index contributed by atoms with van der Waals surface area (Å²) in [6.07, 6.45) is 0. The summed E-state index contributed by atoms with van der Waals surface area (Å²) in [6.45, 7) is 3.46. The van der Waals surface area contributed by atoms with Gasteiger partial charge in [0.25, 0.3) is 0 Å². The van der Waals surface area contributed by atoms with Crippen LogP contribution in [0.3, 0.4) is 0 Å². The normalized spacial score (nSPS) is 11.8. The molecule has 0 aliphatic carbocycles. The molecule has 3 rings (SSSR count). The Kier molecular flexibility index (Phi) is 6.85. The lowest BCUT2D eigenvalue weighted by molar-refractivity contribution is -0.0327. The monoisotopic (exact) mass is 487 g/mol. The Hall–Kier alpha value is -2.27. The summed E-state index contributed by atoms with van der Waals surface area (Å²) in [5, 5.41) is 8.03. The van der Waals surface area contributed by atoms with E-state index in [0.717, 1.165) is 0 Å². The van der Waals surface area contributed by atoms with Gasteiger partial charge < -0.3 is 14.6 Å². The van der Waals surface area contributed by atoms with Crippen LogP contribution in [0.25, 0.3) is 5.52 Å². The topological polar surface area (TPSA) is 55.6 Å². The van der Waals surface area contributed by atoms with Crippen molar-refractivity contribution in [1.29, 1.82) is 0 Å². The highest BCUT2D eigenvalue weighted by Gasteiger charge is 2.32. The summed E-state index contributed by atoms with van der Waals surface area (Å²) in [5.74, 6) is 5.96. The number of thioether (sulfide) groups is 1. The largest absolute Gasteiger partial charge is 0.495 e. The molecule has 1 aromatic carbocycles. The second-order valence-electron chi connectivity index (χ2n) is 6.76. The van der Waals surface area contributed by atoms with Gasteiger partial charge in [-0.3, -0.25) is 0 Å². The Labute approximate surface area is 186 Å². The molecule has 31 heavy (non-hydrogen) atoms. The molecule has 0 fully saturated rings. The highest BCUT2D eigenvalue weighted by Crippen LogP contribution is 2.41. The van der Waals surface area contributed by atoms with Gasteiger partial charge >= 0.3 is 5.51 Å². The molecule has 0 saturated heterocycles. The molecule has 0 saturated carbocycles. The average molecular weight is 488 g/mol. The number of hydrogen-bond donors (Lipinski definition) is 1. The molecule has 0 amide bonds. The summed E-state index contributed by atoms with van der Waals surface area (Å²) < 4.78 is 57.9. The minimum absolute atomic E-state index is 0.0163. The van der Waals surface area contributed by atoms with Gasteiger partial charge in [0.15, 0.2) is 0 Å². The van der Waals surface area contributed by atoms with E-state index in [-0.39, 0.29) is 39.6 Å². The van der Waals surface area contributed by atoms with Crippen LogP contribution in [0.5, 0.6) is 5.75 Å². The Morgan fingerprint density at radius 2 is 2.03 bits per heavy atom. The number of halogens is 4. The molecule has 0 spiro atoms. The summed E-state index contributed by atoms with van der Waals surface area (Å²) >= 11 is 5.77. The Bertz CT molecular complexity index is 1230. The van der Waals surface area contributed by atoms with Crippen LogP contribution in [-0.2, 0) is 4.57 Å². The predicted octanol–water partition coefficient (Wildman–Crippen LogP) is 5.32. The summed E-state index contributed by atoms with van der Waals surface area (Å²) in [4.78, 5) is -0.105. The fraction of sp³-hybridized carbons (Fsp3) is 0.250. The lowest BCUT2D eigenvalue weighted by atomic mass is 10.3. The van der Waals surface area contributed by atoms with Gasteiger partial charge in [-0.25, -0.2) is 4.52 Å². The van der Waals surface area contributed by atoms with E-state index in [1.165, 1.54) is 23.8 Å². The first-order chi connectivity index (χ1) is 14.5. The standard InChI is InChI=1S/C20H18ClF3N3O2PS/c1-29-17-12-13(30(2,3)28)9-10-14(17)25-11-5-6-15-19(31-20(22,23)24)16-7-4-8-18(21)27(16)26-15/h4,7-10,12,25H,11H2,1-3H3. The summed E-state index contributed by atoms with van der Waals surface area (Å²) in [5.41, 5.74) is -3.66. The van der Waals surface area contributed by atoms with Crippen molar-refractivity contribution in [2.24, 2.45) is 0 Å². The van der Waals surface area contributed by atoms with Crippen LogP contribution in [0.4, 0.5) is 18.9 Å². The maximum absolute atomic E-state index is 13.0. The third-order valence-corrected chi connectivity index (χ3v) is 6.81. The van der Waals surface area contributed by atoms with Gasteiger partial charge in [-0.2, -0.15) is 18.3 Å². The van der Waals surface area contributed by atoms with Crippen LogP contribution in [0, 0.1) is 11.8 Å². The van der Waals surface area contributed by atoms with E-state index in [4.69, 9.17) is 16.3 Å². The molecule has 3 aromatic rings. The Balaban J connectivity index is 1.86. The van der Waals surface area contributed by atoms with Crippen LogP contribution in [0.1, 0.15) is 5.69 Å². The molecule has 11 heteroatoms. The number of ether oxygens (including phenoxy) is 1. The Morgan fingerprint density at radius 3 is 2.68 bits per heavy atom. The molecule has 0 bridgehead atoms. The van der Waals surface area contributed by atoms with Crippen molar-refractivity contribution in [2.75, 3.05) is 32.3 Å². The van der Waals surface area contributed by atoms with Crippen molar-refractivity contribution < 1.29 is 22.5 Å². The van der Waals surface area contributed by atoms with E-state index >= 15 is 0 Å². The molecular formula is C20H18ClF3N3O2PS. The minimum atomic E-state index is -4.49. The highest BCUT2D eigenvalue weighted by molar-refractivity contribution is 8.00. The molecule has 1 N–H and O–H groups in total. The molecule has 0 radical (unpaired) electrons. The SMILES string of the molecule is COc1cc(P(C)(C)=O)ccc1NCC#Cc1nn2c(Cl)cccc2c1SC(F)(F)F. The smallest absolute Gasteiger partial charge is 0.446 e. The molecule has 164 valence electrons. The fourth-order valence-corrected chi connectivity index (χ4v) is 4.48. The number of nitrogens with zero attached hydrogens (tertiary/aromatic N) is 2. The van der Waals surface area contributed by atoms with Gasteiger partial charge in [0.05, 0.1) is 29.8 Å². The maximum atomic E-state index is 13.0. The van der Waals surface area contributed by atoms with Crippen LogP contribution in [-0.4, -0.2) is 42.1 Å². The molecule has 0 aliphatic heterocycles. The van der Waals surface area contributed by atoms with Crippen molar-refractivity contribution in [2.45, 2.75) is 10.4 Å². The number of methoxy groups -OCH3 is 1. The number of rotatable bonds is 5. The third-order valence-electron chi connectivity index (χ3n) is 4.16. The number of nitrogens with one attached hydrogen (secondary N) is 1. The number of hydrogen-bond acceptors (Lipinski definition) is 5. The molecule has 0 atom stereocenters. The van der Waals surface area contributed by atoms with Crippen molar-refractivity contribution in [3.63, 3.8) is 0 Å². The van der Waals surface area contributed by atoms with Crippen molar-refractivity contribution >= 4 is 47.0 Å². The second kappa shape index (κ2) is 9.07. The molecular weight excluding hydrogens is 470 g/mol. The molecule has 0 aliphatic rings. The van der Waals surface area contributed by atoms with Gasteiger partial charge in [-0.1, -0.05) is 23.6 Å². The van der Waals surface area contributed by atoms with Gasteiger partial charge in [0, 0.05) is 5.30 Å². The van der Waals surface area contributed by atoms with Crippen LogP contribution in [0.2, 0.25) is 5.15 Å². The van der Waals surface area contributed by atoms with E-state index in [0.29, 0.717) is 16.7 Å². The van der Waals surface area contributed by atoms with Gasteiger partial charge in [0.2, 0.25) is 0 Å². The Morgan fingerprint density at radius 1 is 1.29 bits per heavy atom. The van der Waals surface area contributed by atoms with Gasteiger partial charge in [-0.05, 0) is 61.3 Å². The van der Waals surface area contributed by atoms with Crippen molar-refractivity contribution in [3.8, 4) is 17.6 Å². The second-order valence-corrected chi connectivity index (χ2v) is 11.4. The number of pyridine rings is 1. The van der Waals surface area contributed by atoms with Gasteiger partial charge in [-0.15, -0.1) is 0 Å². The summed E-state index contributed by atoms with van der Waals surface area (Å²) in [6, 6.07) is 9.75. The molecule has 0 unspecified atom stereocenters. The van der Waals surface area contributed by atoms with Gasteiger partial charge in [0.1, 0.15) is 23.7 Å². The number of fused-ring (bicyclic) bond motifs is 1. The van der Waals surface area contributed by atoms with E-state index < -0.39 is 12.7 Å². The maximum Gasteiger partial charge on any atom is 0.446 e. The molecule has 2 aromatic heterocycles. The fourth-order valence-electron chi connectivity index (χ4n) is 2.74. The third kappa shape index (κ3) is 5.70. The first-order valence-electron chi connectivity index (χ1n) is 8.89. The first kappa shape index (κ1) is 23.4. The summed E-state index contributed by atoms with van der Waals surface area (Å²) in [7, 11) is -0.949. The lowest BCUT2D eigenvalue weighted by Crippen LogP contribution is -2.07. The molecule has 2 heterocycles. The van der Waals surface area contributed by atoms with Crippen molar-refractivity contribution in [1.82, 2.24) is 9.61 Å². The van der Waals surface area contributed by atoms with E-state index in [2.05, 4.69) is 22.3 Å². The predicted molar refractivity (Wildman–Crippen MR) is 120 cm³/mol. The quantitative estimate of drug-likeness (QED) is 0.228. The zero-order chi connectivity index (χ0) is 22.8. The molecule has 5 nitrogen and oxygen atoms in total. The first-order valence-corrected chi connectivity index (χ1v) is 12.7. The lowest BCUT2D eigenvalue weighted by Gasteiger charge is -2.13. The number of alkyl halides is 3. The zero-order valence-corrected chi connectivity index (χ0v) is 19.2. The van der Waals surface area contributed by atoms with Crippen molar-refractivity contribution in [3.05, 3.63) is 47.2 Å². The highest BCUT2D eigenvalue weighted by atomic mass is 35.5. The average Bonchev–Trinajstić information content (AvgIpc) is 3.02.